The van der Waals surface area contributed by atoms with Gasteiger partial charge >= 0.3 is 0 Å². The highest BCUT2D eigenvalue weighted by atomic mass is 35.5. The Balaban J connectivity index is 1.78. The minimum absolute atomic E-state index is 0.193. The Bertz CT molecular complexity index is 933. The Labute approximate surface area is 160 Å². The van der Waals surface area contributed by atoms with E-state index in [-0.39, 0.29) is 11.6 Å². The quantitative estimate of drug-likeness (QED) is 0.656. The highest BCUT2D eigenvalue weighted by molar-refractivity contribution is 6.31. The molecule has 0 fully saturated rings. The summed E-state index contributed by atoms with van der Waals surface area (Å²) in [6, 6.07) is 13.5. The highest BCUT2D eigenvalue weighted by Crippen LogP contribution is 2.28. The summed E-state index contributed by atoms with van der Waals surface area (Å²) in [5.74, 6) is 0.376. The van der Waals surface area contributed by atoms with Crippen LogP contribution in [-0.2, 0) is 0 Å². The van der Waals surface area contributed by atoms with E-state index < -0.39 is 5.91 Å². The number of rotatable bonds is 5. The molecule has 0 bridgehead atoms. The minimum atomic E-state index is -0.410. The second-order valence-electron chi connectivity index (χ2n) is 5.20. The van der Waals surface area contributed by atoms with E-state index in [1.807, 2.05) is 0 Å². The van der Waals surface area contributed by atoms with Crippen LogP contribution in [0.2, 0.25) is 10.0 Å². The number of carbonyl (C=O) groups excluding carboxylic acids is 1. The maximum absolute atomic E-state index is 12.5. The molecule has 132 valence electrons. The van der Waals surface area contributed by atoms with Crippen molar-refractivity contribution in [2.75, 3.05) is 17.7 Å². The molecular formula is C18H14Cl2N4O2. The molecule has 26 heavy (non-hydrogen) atoms. The summed E-state index contributed by atoms with van der Waals surface area (Å²) in [6.07, 6.45) is 1.50. The first-order valence-corrected chi connectivity index (χ1v) is 8.31. The molecule has 1 amide bonds. The highest BCUT2D eigenvalue weighted by Gasteiger charge is 2.13. The first-order chi connectivity index (χ1) is 12.5. The molecular weight excluding hydrogens is 375 g/mol. The predicted molar refractivity (Wildman–Crippen MR) is 103 cm³/mol. The smallest absolute Gasteiger partial charge is 0.274 e. The molecule has 0 aliphatic heterocycles. The number of benzene rings is 2. The maximum Gasteiger partial charge on any atom is 0.274 e. The molecule has 0 aliphatic rings. The molecule has 1 heterocycles. The molecule has 0 unspecified atom stereocenters. The van der Waals surface area contributed by atoms with E-state index in [0.717, 1.165) is 5.69 Å². The van der Waals surface area contributed by atoms with Gasteiger partial charge in [0.2, 0.25) is 5.95 Å². The van der Waals surface area contributed by atoms with Crippen molar-refractivity contribution in [3.05, 3.63) is 70.5 Å². The largest absolute Gasteiger partial charge is 0.495 e. The minimum Gasteiger partial charge on any atom is -0.495 e. The number of carbonyl (C=O) groups is 1. The van der Waals surface area contributed by atoms with Gasteiger partial charge in [-0.15, -0.1) is 0 Å². The Kier molecular flexibility index (Phi) is 5.55. The van der Waals surface area contributed by atoms with Gasteiger partial charge in [-0.05, 0) is 48.5 Å². The number of anilines is 3. The summed E-state index contributed by atoms with van der Waals surface area (Å²) >= 11 is 11.8. The first-order valence-electron chi connectivity index (χ1n) is 7.55. The van der Waals surface area contributed by atoms with E-state index in [2.05, 4.69) is 20.6 Å². The summed E-state index contributed by atoms with van der Waals surface area (Å²) in [7, 11) is 1.51. The number of amides is 1. The van der Waals surface area contributed by atoms with E-state index in [4.69, 9.17) is 27.9 Å². The number of hydrogen-bond donors (Lipinski definition) is 2. The van der Waals surface area contributed by atoms with E-state index in [1.165, 1.54) is 19.4 Å². The predicted octanol–water partition coefficient (Wildman–Crippen LogP) is 4.79. The van der Waals surface area contributed by atoms with Crippen LogP contribution < -0.4 is 15.4 Å². The third-order valence-electron chi connectivity index (χ3n) is 3.40. The van der Waals surface area contributed by atoms with Gasteiger partial charge in [0, 0.05) is 21.9 Å². The van der Waals surface area contributed by atoms with Crippen LogP contribution in [0.4, 0.5) is 17.3 Å². The Morgan fingerprint density at radius 1 is 1.04 bits per heavy atom. The van der Waals surface area contributed by atoms with Crippen LogP contribution in [0.5, 0.6) is 5.75 Å². The fourth-order valence-corrected chi connectivity index (χ4v) is 2.47. The summed E-state index contributed by atoms with van der Waals surface area (Å²) < 4.78 is 5.22. The molecule has 2 aromatic carbocycles. The van der Waals surface area contributed by atoms with E-state index in [0.29, 0.717) is 21.5 Å². The topological polar surface area (TPSA) is 76.1 Å². The summed E-state index contributed by atoms with van der Waals surface area (Å²) in [4.78, 5) is 20.8. The number of methoxy groups -OCH3 is 1. The zero-order chi connectivity index (χ0) is 18.5. The average molecular weight is 389 g/mol. The van der Waals surface area contributed by atoms with Crippen molar-refractivity contribution in [3.63, 3.8) is 0 Å². The van der Waals surface area contributed by atoms with Gasteiger partial charge in [0.1, 0.15) is 11.4 Å². The number of hydrogen-bond acceptors (Lipinski definition) is 5. The molecule has 8 heteroatoms. The molecule has 2 N–H and O–H groups in total. The standard InChI is InChI=1S/C18H14Cl2N4O2/c1-26-16-7-4-12(20)10-15(16)23-17(25)14-8-9-21-18(24-14)22-13-5-2-11(19)3-6-13/h2-10H,1H3,(H,23,25)(H,21,22,24). The van der Waals surface area contributed by atoms with Gasteiger partial charge < -0.3 is 15.4 Å². The lowest BCUT2D eigenvalue weighted by Crippen LogP contribution is -2.15. The molecule has 0 aliphatic carbocycles. The SMILES string of the molecule is COc1ccc(Cl)cc1NC(=O)c1ccnc(Nc2ccc(Cl)cc2)n1. The van der Waals surface area contributed by atoms with Crippen molar-refractivity contribution in [2.24, 2.45) is 0 Å². The van der Waals surface area contributed by atoms with Gasteiger partial charge in [-0.25, -0.2) is 9.97 Å². The van der Waals surface area contributed by atoms with Crippen LogP contribution in [0.25, 0.3) is 0 Å². The lowest BCUT2D eigenvalue weighted by Gasteiger charge is -2.11. The number of nitrogens with one attached hydrogen (secondary N) is 2. The molecule has 3 rings (SSSR count). The number of aromatic nitrogens is 2. The molecule has 0 spiro atoms. The molecule has 3 aromatic rings. The molecule has 0 radical (unpaired) electrons. The van der Waals surface area contributed by atoms with Gasteiger partial charge in [0.15, 0.2) is 0 Å². The Morgan fingerprint density at radius 2 is 1.77 bits per heavy atom. The zero-order valence-corrected chi connectivity index (χ0v) is 15.2. The van der Waals surface area contributed by atoms with Crippen molar-refractivity contribution in [2.45, 2.75) is 0 Å². The first kappa shape index (κ1) is 18.0. The van der Waals surface area contributed by atoms with Crippen molar-refractivity contribution in [1.82, 2.24) is 9.97 Å². The zero-order valence-electron chi connectivity index (χ0n) is 13.7. The Hall–Kier alpha value is -2.83. The van der Waals surface area contributed by atoms with Gasteiger partial charge in [-0.1, -0.05) is 23.2 Å². The van der Waals surface area contributed by atoms with Crippen molar-refractivity contribution in [1.29, 1.82) is 0 Å². The summed E-state index contributed by atoms with van der Waals surface area (Å²) in [6.45, 7) is 0. The summed E-state index contributed by atoms with van der Waals surface area (Å²) in [5, 5.41) is 6.85. The molecule has 0 saturated carbocycles. The molecule has 6 nitrogen and oxygen atoms in total. The number of halogens is 2. The van der Waals surface area contributed by atoms with Crippen LogP contribution in [0, 0.1) is 0 Å². The van der Waals surface area contributed by atoms with Gasteiger partial charge in [-0.3, -0.25) is 4.79 Å². The van der Waals surface area contributed by atoms with Crippen molar-refractivity contribution in [3.8, 4) is 5.75 Å². The fourth-order valence-electron chi connectivity index (χ4n) is 2.17. The van der Waals surface area contributed by atoms with E-state index in [9.17, 15) is 4.79 Å². The van der Waals surface area contributed by atoms with Gasteiger partial charge in [-0.2, -0.15) is 0 Å². The fraction of sp³-hybridized carbons (Fsp3) is 0.0556. The maximum atomic E-state index is 12.5. The molecule has 1 aromatic heterocycles. The lowest BCUT2D eigenvalue weighted by molar-refractivity contribution is 0.102. The third-order valence-corrected chi connectivity index (χ3v) is 3.89. The lowest BCUT2D eigenvalue weighted by atomic mass is 10.2. The number of nitrogens with zero attached hydrogens (tertiary/aromatic N) is 2. The van der Waals surface area contributed by atoms with E-state index >= 15 is 0 Å². The normalized spacial score (nSPS) is 10.3. The van der Waals surface area contributed by atoms with Crippen LogP contribution in [0.3, 0.4) is 0 Å². The second-order valence-corrected chi connectivity index (χ2v) is 6.07. The van der Waals surface area contributed by atoms with Gasteiger partial charge in [0.05, 0.1) is 12.8 Å². The van der Waals surface area contributed by atoms with E-state index in [1.54, 1.807) is 42.5 Å². The van der Waals surface area contributed by atoms with Crippen LogP contribution >= 0.6 is 23.2 Å². The molecule has 0 saturated heterocycles. The van der Waals surface area contributed by atoms with Crippen LogP contribution in [0.15, 0.2) is 54.7 Å². The van der Waals surface area contributed by atoms with Crippen molar-refractivity contribution >= 4 is 46.4 Å². The van der Waals surface area contributed by atoms with Gasteiger partial charge in [0.25, 0.3) is 5.91 Å². The van der Waals surface area contributed by atoms with Crippen LogP contribution in [0.1, 0.15) is 10.5 Å². The average Bonchev–Trinajstić information content (AvgIpc) is 2.64. The Morgan fingerprint density at radius 3 is 2.50 bits per heavy atom. The summed E-state index contributed by atoms with van der Waals surface area (Å²) in [5.41, 5.74) is 1.40. The van der Waals surface area contributed by atoms with Crippen molar-refractivity contribution < 1.29 is 9.53 Å². The van der Waals surface area contributed by atoms with Crippen LogP contribution in [-0.4, -0.2) is 23.0 Å². The number of ether oxygens (including phenoxy) is 1. The monoisotopic (exact) mass is 388 g/mol. The third kappa shape index (κ3) is 4.41. The molecule has 0 atom stereocenters. The second kappa shape index (κ2) is 8.03.